The van der Waals surface area contributed by atoms with E-state index in [1.165, 1.54) is 0 Å². The maximum absolute atomic E-state index is 12.3. The predicted molar refractivity (Wildman–Crippen MR) is 97.4 cm³/mol. The van der Waals surface area contributed by atoms with Gasteiger partial charge in [0.1, 0.15) is 0 Å². The molecule has 0 saturated heterocycles. The molecule has 0 aliphatic heterocycles. The van der Waals surface area contributed by atoms with Crippen molar-refractivity contribution in [1.29, 1.82) is 0 Å². The zero-order chi connectivity index (χ0) is 17.0. The van der Waals surface area contributed by atoms with E-state index >= 15 is 0 Å². The van der Waals surface area contributed by atoms with Crippen LogP contribution in [-0.2, 0) is 4.79 Å². The molecule has 1 N–H and O–H groups in total. The largest absolute Gasteiger partial charge is 0.348 e. The molecule has 0 bridgehead atoms. The van der Waals surface area contributed by atoms with Crippen LogP contribution in [0.5, 0.6) is 0 Å². The molecule has 0 radical (unpaired) electrons. The van der Waals surface area contributed by atoms with Crippen LogP contribution in [0.3, 0.4) is 0 Å². The van der Waals surface area contributed by atoms with Crippen LogP contribution in [0.4, 0.5) is 0 Å². The maximum atomic E-state index is 12.3. The minimum absolute atomic E-state index is 0.0164. The van der Waals surface area contributed by atoms with Crippen molar-refractivity contribution >= 4 is 34.4 Å². The second-order valence-corrected chi connectivity index (χ2v) is 8.49. The van der Waals surface area contributed by atoms with Gasteiger partial charge in [0.05, 0.1) is 6.04 Å². The summed E-state index contributed by atoms with van der Waals surface area (Å²) in [6, 6.07) is 5.97. The van der Waals surface area contributed by atoms with Gasteiger partial charge in [0.2, 0.25) is 5.91 Å². The molecule has 0 fully saturated rings. The van der Waals surface area contributed by atoms with Gasteiger partial charge in [-0.25, -0.2) is 0 Å². The SMILES string of the molecule is Cc1cc(C(=O)CCC(=O)N[C@@H](c2cccs2)C(C)C)c(C)s1. The minimum atomic E-state index is -0.0601. The van der Waals surface area contributed by atoms with E-state index in [9.17, 15) is 9.59 Å². The van der Waals surface area contributed by atoms with Crippen LogP contribution in [0.2, 0.25) is 0 Å². The summed E-state index contributed by atoms with van der Waals surface area (Å²) in [5.74, 6) is 0.310. The number of rotatable bonds is 7. The van der Waals surface area contributed by atoms with E-state index < -0.39 is 0 Å². The lowest BCUT2D eigenvalue weighted by atomic mass is 10.0. The van der Waals surface area contributed by atoms with Gasteiger partial charge in [0.25, 0.3) is 0 Å². The summed E-state index contributed by atoms with van der Waals surface area (Å²) < 4.78 is 0. The summed E-state index contributed by atoms with van der Waals surface area (Å²) >= 11 is 3.27. The number of carbonyl (C=O) groups is 2. The first-order chi connectivity index (χ1) is 10.9. The van der Waals surface area contributed by atoms with Gasteiger partial charge in [-0.15, -0.1) is 22.7 Å². The Hall–Kier alpha value is -1.46. The van der Waals surface area contributed by atoms with Gasteiger partial charge in [0.15, 0.2) is 5.78 Å². The summed E-state index contributed by atoms with van der Waals surface area (Å²) in [5.41, 5.74) is 0.763. The van der Waals surface area contributed by atoms with Crippen molar-refractivity contribution in [3.05, 3.63) is 43.8 Å². The summed E-state index contributed by atoms with van der Waals surface area (Å²) in [7, 11) is 0. The standard InChI is InChI=1S/C18H23NO2S2/c1-11(2)18(16-6-5-9-22-16)19-17(21)8-7-15(20)14-10-12(3)23-13(14)4/h5-6,9-11,18H,7-8H2,1-4H3,(H,19,21)/t18-/m1/s1. The number of carbonyl (C=O) groups excluding carboxylic acids is 2. The Kier molecular flexibility index (Phi) is 6.13. The number of hydrogen-bond donors (Lipinski definition) is 1. The van der Waals surface area contributed by atoms with Gasteiger partial charge in [-0.3, -0.25) is 9.59 Å². The lowest BCUT2D eigenvalue weighted by Gasteiger charge is -2.21. The molecular weight excluding hydrogens is 326 g/mol. The van der Waals surface area contributed by atoms with E-state index in [0.717, 1.165) is 20.2 Å². The molecule has 0 spiro atoms. The number of Topliss-reactive ketones (excluding diaryl/α,β-unsaturated/α-hetero) is 1. The smallest absolute Gasteiger partial charge is 0.220 e. The number of thiophene rings is 2. The van der Waals surface area contributed by atoms with Gasteiger partial charge < -0.3 is 5.32 Å². The summed E-state index contributed by atoms with van der Waals surface area (Å²) in [4.78, 5) is 27.8. The normalized spacial score (nSPS) is 12.4. The predicted octanol–water partition coefficient (Wildman–Crippen LogP) is 4.90. The monoisotopic (exact) mass is 349 g/mol. The molecule has 0 aliphatic rings. The Morgan fingerprint density at radius 1 is 1.22 bits per heavy atom. The lowest BCUT2D eigenvalue weighted by Crippen LogP contribution is -2.31. The molecule has 0 aliphatic carbocycles. The first-order valence-corrected chi connectivity index (χ1v) is 9.51. The zero-order valence-corrected chi connectivity index (χ0v) is 15.6. The Morgan fingerprint density at radius 2 is 1.96 bits per heavy atom. The highest BCUT2D eigenvalue weighted by Gasteiger charge is 2.20. The molecule has 23 heavy (non-hydrogen) atoms. The first-order valence-electron chi connectivity index (χ1n) is 7.81. The van der Waals surface area contributed by atoms with Crippen molar-refractivity contribution in [3.8, 4) is 0 Å². The topological polar surface area (TPSA) is 46.2 Å². The van der Waals surface area contributed by atoms with Crippen molar-refractivity contribution in [2.24, 2.45) is 5.92 Å². The number of hydrogen-bond acceptors (Lipinski definition) is 4. The van der Waals surface area contributed by atoms with Crippen molar-refractivity contribution < 1.29 is 9.59 Å². The Morgan fingerprint density at radius 3 is 2.48 bits per heavy atom. The fraction of sp³-hybridized carbons (Fsp3) is 0.444. The second-order valence-electron chi connectivity index (χ2n) is 6.05. The van der Waals surface area contributed by atoms with Gasteiger partial charge in [0, 0.05) is 33.0 Å². The molecule has 2 rings (SSSR count). The second kappa shape index (κ2) is 7.88. The third-order valence-corrected chi connectivity index (χ3v) is 5.67. The fourth-order valence-corrected chi connectivity index (χ4v) is 4.44. The highest BCUT2D eigenvalue weighted by molar-refractivity contribution is 7.12. The number of aryl methyl sites for hydroxylation is 2. The van der Waals surface area contributed by atoms with Crippen molar-refractivity contribution in [2.45, 2.75) is 46.6 Å². The van der Waals surface area contributed by atoms with Crippen molar-refractivity contribution in [3.63, 3.8) is 0 Å². The molecule has 5 heteroatoms. The third kappa shape index (κ3) is 4.75. The molecule has 124 valence electrons. The molecule has 3 nitrogen and oxygen atoms in total. The molecular formula is C18H23NO2S2. The van der Waals surface area contributed by atoms with E-state index in [1.807, 2.05) is 37.4 Å². The average molecular weight is 350 g/mol. The lowest BCUT2D eigenvalue weighted by molar-refractivity contribution is -0.122. The molecule has 0 aromatic carbocycles. The van der Waals surface area contributed by atoms with Crippen LogP contribution >= 0.6 is 22.7 Å². The van der Waals surface area contributed by atoms with Crippen LogP contribution in [-0.4, -0.2) is 11.7 Å². The summed E-state index contributed by atoms with van der Waals surface area (Å²) in [6.45, 7) is 8.13. The van der Waals surface area contributed by atoms with E-state index in [4.69, 9.17) is 0 Å². The van der Waals surface area contributed by atoms with Crippen LogP contribution in [0.1, 0.15) is 57.7 Å². The molecule has 1 atom stereocenters. The molecule has 1 amide bonds. The van der Waals surface area contributed by atoms with Crippen molar-refractivity contribution in [2.75, 3.05) is 0 Å². The Bertz CT molecular complexity index is 671. The molecule has 0 saturated carbocycles. The van der Waals surface area contributed by atoms with Crippen LogP contribution in [0, 0.1) is 19.8 Å². The zero-order valence-electron chi connectivity index (χ0n) is 14.0. The van der Waals surface area contributed by atoms with E-state index in [-0.39, 0.29) is 30.6 Å². The minimum Gasteiger partial charge on any atom is -0.348 e. The molecule has 2 aromatic rings. The van der Waals surface area contributed by atoms with Gasteiger partial charge >= 0.3 is 0 Å². The highest BCUT2D eigenvalue weighted by Crippen LogP contribution is 2.26. The number of amides is 1. The molecule has 0 unspecified atom stereocenters. The highest BCUT2D eigenvalue weighted by atomic mass is 32.1. The fourth-order valence-electron chi connectivity index (χ4n) is 2.55. The van der Waals surface area contributed by atoms with Crippen molar-refractivity contribution in [1.82, 2.24) is 5.32 Å². The van der Waals surface area contributed by atoms with E-state index in [1.54, 1.807) is 22.7 Å². The number of nitrogens with one attached hydrogen (secondary N) is 1. The summed E-state index contributed by atoms with van der Waals surface area (Å²) in [6.07, 6.45) is 0.500. The molecule has 2 heterocycles. The van der Waals surface area contributed by atoms with E-state index in [0.29, 0.717) is 5.92 Å². The third-order valence-electron chi connectivity index (χ3n) is 3.75. The summed E-state index contributed by atoms with van der Waals surface area (Å²) in [5, 5.41) is 5.08. The Labute approximate surface area is 145 Å². The average Bonchev–Trinajstić information content (AvgIpc) is 3.11. The van der Waals surface area contributed by atoms with Crippen LogP contribution in [0.25, 0.3) is 0 Å². The Balaban J connectivity index is 1.91. The molecule has 2 aromatic heterocycles. The van der Waals surface area contributed by atoms with Gasteiger partial charge in [-0.2, -0.15) is 0 Å². The van der Waals surface area contributed by atoms with Gasteiger partial charge in [-0.05, 0) is 37.3 Å². The quantitative estimate of drug-likeness (QED) is 0.722. The van der Waals surface area contributed by atoms with E-state index in [2.05, 4.69) is 19.2 Å². The van der Waals surface area contributed by atoms with Gasteiger partial charge in [-0.1, -0.05) is 19.9 Å². The first kappa shape index (κ1) is 17.9. The van der Waals surface area contributed by atoms with Crippen LogP contribution < -0.4 is 5.32 Å². The number of ketones is 1. The van der Waals surface area contributed by atoms with Crippen LogP contribution in [0.15, 0.2) is 23.6 Å². The maximum Gasteiger partial charge on any atom is 0.220 e.